The Morgan fingerprint density at radius 3 is 2.77 bits per heavy atom. The summed E-state index contributed by atoms with van der Waals surface area (Å²) < 4.78 is 41.7. The molecule has 0 aliphatic carbocycles. The van der Waals surface area contributed by atoms with Gasteiger partial charge in [0, 0.05) is 12.2 Å². The Morgan fingerprint density at radius 2 is 2.04 bits per heavy atom. The Labute approximate surface area is 157 Å². The molecule has 1 heterocycles. The minimum atomic E-state index is -4.22. The van der Waals surface area contributed by atoms with Crippen LogP contribution in [0.2, 0.25) is 0 Å². The number of allylic oxidation sites excluding steroid dienone is 1. The van der Waals surface area contributed by atoms with Crippen LogP contribution in [0, 0.1) is 0 Å². The molecule has 3 rings (SSSR count). The smallest absolute Gasteiger partial charge is 0.266 e. The van der Waals surface area contributed by atoms with Crippen molar-refractivity contribution in [1.82, 2.24) is 0 Å². The van der Waals surface area contributed by atoms with E-state index in [1.54, 1.807) is 11.3 Å². The molecule has 0 N–H and O–H groups in total. The van der Waals surface area contributed by atoms with Gasteiger partial charge >= 0.3 is 0 Å². The van der Waals surface area contributed by atoms with Gasteiger partial charge in [-0.25, -0.2) is 8.42 Å². The second kappa shape index (κ2) is 7.73. The Hall–Kier alpha value is -1.96. The van der Waals surface area contributed by atoms with E-state index in [1.165, 1.54) is 0 Å². The lowest BCUT2D eigenvalue weighted by molar-refractivity contribution is -0.667. The van der Waals surface area contributed by atoms with E-state index >= 15 is 0 Å². The third kappa shape index (κ3) is 4.23. The predicted molar refractivity (Wildman–Crippen MR) is 104 cm³/mol. The first-order chi connectivity index (χ1) is 12.4. The molecule has 0 bridgehead atoms. The van der Waals surface area contributed by atoms with E-state index in [-0.39, 0.29) is 12.2 Å². The van der Waals surface area contributed by atoms with E-state index < -0.39 is 10.1 Å². The van der Waals surface area contributed by atoms with Gasteiger partial charge in [-0.3, -0.25) is 0 Å². The molecule has 2 aromatic carbocycles. The standard InChI is InChI=1S/C19H21NO4S2/c1-3-24-14(2)13-18-20(11-6-12-26(21,22)23)19-16-8-5-4-7-15(16)9-10-17(19)25-18/h4-5,7-10,13H,3,6,11-12H2,1-2H3/b14-13+. The van der Waals surface area contributed by atoms with Gasteiger partial charge in [-0.2, -0.15) is 4.57 Å². The third-order valence-electron chi connectivity index (χ3n) is 4.09. The SMILES string of the molecule is CCO/C(C)=C/c1sc2ccc3ccccc3c2[n+]1CCCS(=O)(=O)[O-]. The highest BCUT2D eigenvalue weighted by Gasteiger charge is 2.22. The number of aryl methyl sites for hydroxylation is 1. The van der Waals surface area contributed by atoms with Crippen LogP contribution in [0.3, 0.4) is 0 Å². The number of fused-ring (bicyclic) bond motifs is 3. The minimum Gasteiger partial charge on any atom is -0.748 e. The summed E-state index contributed by atoms with van der Waals surface area (Å²) in [6.45, 7) is 4.88. The largest absolute Gasteiger partial charge is 0.748 e. The zero-order chi connectivity index (χ0) is 18.7. The molecule has 0 amide bonds. The summed E-state index contributed by atoms with van der Waals surface area (Å²) in [6, 6.07) is 12.3. The van der Waals surface area contributed by atoms with Gasteiger partial charge < -0.3 is 9.29 Å². The highest BCUT2D eigenvalue weighted by atomic mass is 32.2. The molecular weight excluding hydrogens is 370 g/mol. The highest BCUT2D eigenvalue weighted by molar-refractivity contribution is 7.85. The number of ether oxygens (including phenoxy) is 1. The van der Waals surface area contributed by atoms with E-state index in [0.29, 0.717) is 13.2 Å². The van der Waals surface area contributed by atoms with Crippen molar-refractivity contribution >= 4 is 48.5 Å². The lowest BCUT2D eigenvalue weighted by Crippen LogP contribution is -2.36. The van der Waals surface area contributed by atoms with Crippen LogP contribution in [0.4, 0.5) is 0 Å². The van der Waals surface area contributed by atoms with Crippen LogP contribution in [0.5, 0.6) is 0 Å². The van der Waals surface area contributed by atoms with Gasteiger partial charge in [-0.15, -0.1) is 0 Å². The predicted octanol–water partition coefficient (Wildman–Crippen LogP) is 3.67. The highest BCUT2D eigenvalue weighted by Crippen LogP contribution is 2.29. The van der Waals surface area contributed by atoms with Crippen molar-refractivity contribution in [3.63, 3.8) is 0 Å². The van der Waals surface area contributed by atoms with Gasteiger partial charge in [0.2, 0.25) is 5.52 Å². The summed E-state index contributed by atoms with van der Waals surface area (Å²) in [5.41, 5.74) is 1.06. The van der Waals surface area contributed by atoms with Crippen LogP contribution < -0.4 is 4.57 Å². The van der Waals surface area contributed by atoms with Gasteiger partial charge in [0.05, 0.1) is 28.2 Å². The van der Waals surface area contributed by atoms with Crippen LogP contribution in [0.1, 0.15) is 25.3 Å². The molecule has 0 aliphatic rings. The number of aromatic nitrogens is 1. The van der Waals surface area contributed by atoms with Crippen molar-refractivity contribution in [3.8, 4) is 0 Å². The summed E-state index contributed by atoms with van der Waals surface area (Å²) in [5.74, 6) is 0.434. The van der Waals surface area contributed by atoms with Crippen LogP contribution in [0.15, 0.2) is 42.2 Å². The fourth-order valence-corrected chi connectivity index (χ4v) is 4.72. The van der Waals surface area contributed by atoms with Crippen LogP contribution in [-0.2, 0) is 21.4 Å². The molecule has 0 saturated carbocycles. The van der Waals surface area contributed by atoms with Gasteiger partial charge in [0.25, 0.3) is 5.01 Å². The molecule has 5 nitrogen and oxygen atoms in total. The molecule has 0 aliphatic heterocycles. The normalized spacial score (nSPS) is 12.8. The minimum absolute atomic E-state index is 0.278. The molecular formula is C19H21NO4S2. The fourth-order valence-electron chi connectivity index (χ4n) is 3.05. The van der Waals surface area contributed by atoms with E-state index in [0.717, 1.165) is 31.8 Å². The van der Waals surface area contributed by atoms with Crippen molar-refractivity contribution in [2.24, 2.45) is 0 Å². The number of thiazole rings is 1. The molecule has 0 unspecified atom stereocenters. The Morgan fingerprint density at radius 1 is 1.27 bits per heavy atom. The first-order valence-electron chi connectivity index (χ1n) is 8.48. The summed E-state index contributed by atoms with van der Waals surface area (Å²) in [5, 5.41) is 3.21. The van der Waals surface area contributed by atoms with Crippen molar-refractivity contribution in [2.75, 3.05) is 12.4 Å². The first-order valence-corrected chi connectivity index (χ1v) is 10.9. The lowest BCUT2D eigenvalue weighted by atomic mass is 10.1. The lowest BCUT2D eigenvalue weighted by Gasteiger charge is -2.05. The zero-order valence-corrected chi connectivity index (χ0v) is 16.4. The van der Waals surface area contributed by atoms with Crippen LogP contribution in [-0.4, -0.2) is 25.3 Å². The first kappa shape index (κ1) is 18.8. The maximum atomic E-state index is 11.0. The van der Waals surface area contributed by atoms with Gasteiger partial charge in [-0.1, -0.05) is 35.6 Å². The number of nitrogens with zero attached hydrogens (tertiary/aromatic N) is 1. The average Bonchev–Trinajstić information content (AvgIpc) is 2.92. The Balaban J connectivity index is 2.14. The maximum absolute atomic E-state index is 11.0. The Kier molecular flexibility index (Phi) is 5.60. The van der Waals surface area contributed by atoms with E-state index in [9.17, 15) is 13.0 Å². The molecule has 26 heavy (non-hydrogen) atoms. The second-order valence-electron chi connectivity index (χ2n) is 6.03. The fraction of sp³-hybridized carbons (Fsp3) is 0.316. The molecule has 7 heteroatoms. The topological polar surface area (TPSA) is 70.3 Å². The molecule has 0 fully saturated rings. The van der Waals surface area contributed by atoms with E-state index in [4.69, 9.17) is 4.74 Å². The summed E-state index contributed by atoms with van der Waals surface area (Å²) in [6.07, 6.45) is 2.24. The molecule has 0 saturated heterocycles. The third-order valence-corrected chi connectivity index (χ3v) is 5.97. The van der Waals surface area contributed by atoms with Crippen molar-refractivity contribution in [1.29, 1.82) is 0 Å². The maximum Gasteiger partial charge on any atom is 0.266 e. The molecule has 0 spiro atoms. The molecule has 3 aromatic rings. The average molecular weight is 392 g/mol. The number of benzene rings is 2. The summed E-state index contributed by atoms with van der Waals surface area (Å²) in [7, 11) is -4.22. The number of hydrogen-bond acceptors (Lipinski definition) is 5. The van der Waals surface area contributed by atoms with Gasteiger partial charge in [0.15, 0.2) is 6.54 Å². The van der Waals surface area contributed by atoms with E-state index in [2.05, 4.69) is 28.8 Å². The van der Waals surface area contributed by atoms with Gasteiger partial charge in [-0.05, 0) is 31.4 Å². The molecule has 1 aromatic heterocycles. The van der Waals surface area contributed by atoms with Gasteiger partial charge in [0.1, 0.15) is 10.5 Å². The van der Waals surface area contributed by atoms with Crippen molar-refractivity contribution < 1.29 is 22.3 Å². The summed E-state index contributed by atoms with van der Waals surface area (Å²) in [4.78, 5) is 0. The quantitative estimate of drug-likeness (QED) is 0.350. The van der Waals surface area contributed by atoms with Crippen LogP contribution in [0.25, 0.3) is 27.1 Å². The van der Waals surface area contributed by atoms with E-state index in [1.807, 2.05) is 32.1 Å². The Bertz CT molecular complexity index is 1070. The van der Waals surface area contributed by atoms with Crippen molar-refractivity contribution in [3.05, 3.63) is 47.2 Å². The van der Waals surface area contributed by atoms with Crippen molar-refractivity contribution in [2.45, 2.75) is 26.8 Å². The molecule has 0 atom stereocenters. The molecule has 138 valence electrons. The van der Waals surface area contributed by atoms with Crippen LogP contribution >= 0.6 is 11.3 Å². The monoisotopic (exact) mass is 391 g/mol. The number of hydrogen-bond donors (Lipinski definition) is 0. The number of rotatable bonds is 7. The zero-order valence-electron chi connectivity index (χ0n) is 14.8. The second-order valence-corrected chi connectivity index (χ2v) is 8.61. The summed E-state index contributed by atoms with van der Waals surface area (Å²) >= 11 is 1.63. The molecule has 0 radical (unpaired) electrons.